The number of amides is 3. The molecular formula is C40H50FN7O4. The Labute approximate surface area is 304 Å². The first-order valence-corrected chi connectivity index (χ1v) is 18.7. The van der Waals surface area contributed by atoms with Gasteiger partial charge >= 0.3 is 0 Å². The molecule has 4 aliphatic heterocycles. The van der Waals surface area contributed by atoms with Crippen molar-refractivity contribution < 1.29 is 18.8 Å². The van der Waals surface area contributed by atoms with Crippen LogP contribution in [0.3, 0.4) is 0 Å². The normalized spacial score (nSPS) is 23.8. The van der Waals surface area contributed by atoms with E-state index in [4.69, 9.17) is 0 Å². The fourth-order valence-electron chi connectivity index (χ4n) is 8.96. The lowest BCUT2D eigenvalue weighted by molar-refractivity contribution is -0.134. The van der Waals surface area contributed by atoms with E-state index >= 15 is 4.39 Å². The van der Waals surface area contributed by atoms with E-state index in [0.717, 1.165) is 69.5 Å². The zero-order valence-electron chi connectivity index (χ0n) is 30.7. The first kappa shape index (κ1) is 35.8. The minimum atomic E-state index is -0.506. The average Bonchev–Trinajstić information content (AvgIpc) is 3.13. The number of hydrogen-bond acceptors (Lipinski definition) is 8. The van der Waals surface area contributed by atoms with Gasteiger partial charge in [0, 0.05) is 69.9 Å². The fourth-order valence-corrected chi connectivity index (χ4v) is 8.96. The van der Waals surface area contributed by atoms with Crippen LogP contribution in [0.2, 0.25) is 0 Å². The molecule has 4 aliphatic rings. The number of anilines is 2. The molecule has 4 saturated heterocycles. The molecule has 11 nitrogen and oxygen atoms in total. The molecule has 276 valence electrons. The number of likely N-dealkylation sites (tertiary alicyclic amines) is 2. The molecule has 3 amide bonds. The number of benzene rings is 2. The van der Waals surface area contributed by atoms with Crippen molar-refractivity contribution in [3.05, 3.63) is 86.6 Å². The monoisotopic (exact) mass is 711 g/mol. The number of aromatic nitrogens is 2. The number of halogens is 1. The van der Waals surface area contributed by atoms with E-state index in [2.05, 4.69) is 44.7 Å². The molecule has 7 rings (SSSR count). The highest BCUT2D eigenvalue weighted by atomic mass is 19.1. The number of likely N-dealkylation sites (N-methyl/N-ethyl adjacent to an activating group) is 1. The van der Waals surface area contributed by atoms with Gasteiger partial charge in [0.25, 0.3) is 11.5 Å². The number of imide groups is 1. The summed E-state index contributed by atoms with van der Waals surface area (Å²) in [6, 6.07) is 11.6. The van der Waals surface area contributed by atoms with Crippen molar-refractivity contribution in [2.75, 3.05) is 56.5 Å². The predicted octanol–water partition coefficient (Wildman–Crippen LogP) is 4.48. The highest BCUT2D eigenvalue weighted by molar-refractivity contribution is 6.01. The number of nitrogens with one attached hydrogen (secondary N) is 2. The van der Waals surface area contributed by atoms with Crippen LogP contribution in [-0.4, -0.2) is 89.7 Å². The first-order valence-electron chi connectivity index (χ1n) is 18.7. The van der Waals surface area contributed by atoms with Crippen molar-refractivity contribution in [3.8, 4) is 0 Å². The van der Waals surface area contributed by atoms with E-state index in [-0.39, 0.29) is 47.0 Å². The van der Waals surface area contributed by atoms with E-state index in [1.54, 1.807) is 13.2 Å². The Morgan fingerprint density at radius 3 is 2.35 bits per heavy atom. The molecular weight excluding hydrogens is 661 g/mol. The van der Waals surface area contributed by atoms with Gasteiger partial charge in [0.2, 0.25) is 11.8 Å². The van der Waals surface area contributed by atoms with Gasteiger partial charge in [-0.2, -0.15) is 5.10 Å². The summed E-state index contributed by atoms with van der Waals surface area (Å²) in [6.45, 7) is 8.45. The van der Waals surface area contributed by atoms with Gasteiger partial charge < -0.3 is 20.0 Å². The van der Waals surface area contributed by atoms with Gasteiger partial charge in [-0.1, -0.05) is 12.1 Å². The Hall–Kier alpha value is -4.58. The molecule has 1 spiro atoms. The van der Waals surface area contributed by atoms with Crippen LogP contribution < -0.4 is 21.1 Å². The largest absolute Gasteiger partial charge is 0.379 e. The molecule has 0 radical (unpaired) electrons. The van der Waals surface area contributed by atoms with E-state index in [9.17, 15) is 19.2 Å². The minimum Gasteiger partial charge on any atom is -0.379 e. The zero-order valence-corrected chi connectivity index (χ0v) is 30.7. The molecule has 52 heavy (non-hydrogen) atoms. The second-order valence-corrected chi connectivity index (χ2v) is 15.7. The summed E-state index contributed by atoms with van der Waals surface area (Å²) >= 11 is 0. The van der Waals surface area contributed by atoms with E-state index in [0.29, 0.717) is 47.8 Å². The lowest BCUT2D eigenvalue weighted by atomic mass is 9.71. The van der Waals surface area contributed by atoms with Crippen LogP contribution in [0.1, 0.15) is 89.4 Å². The van der Waals surface area contributed by atoms with Crippen molar-refractivity contribution in [2.24, 2.45) is 12.5 Å². The van der Waals surface area contributed by atoms with Gasteiger partial charge in [-0.05, 0) is 112 Å². The average molecular weight is 712 g/mol. The van der Waals surface area contributed by atoms with Crippen LogP contribution in [0.4, 0.5) is 15.8 Å². The molecule has 3 atom stereocenters. The van der Waals surface area contributed by atoms with Crippen LogP contribution >= 0.6 is 0 Å². The molecule has 3 aromatic rings. The number of aryl methyl sites for hydroxylation is 2. The van der Waals surface area contributed by atoms with Crippen LogP contribution in [0.25, 0.3) is 0 Å². The Morgan fingerprint density at radius 2 is 1.65 bits per heavy atom. The van der Waals surface area contributed by atoms with Gasteiger partial charge in [-0.15, -0.1) is 0 Å². The smallest absolute Gasteiger partial charge is 0.271 e. The maximum Gasteiger partial charge on any atom is 0.271 e. The maximum absolute atomic E-state index is 15.5. The first-order chi connectivity index (χ1) is 24.9. The van der Waals surface area contributed by atoms with Gasteiger partial charge in [0.1, 0.15) is 5.82 Å². The number of carbonyl (C=O) groups is 3. The third-order valence-corrected chi connectivity index (χ3v) is 12.2. The second kappa shape index (κ2) is 14.4. The third kappa shape index (κ3) is 7.22. The molecule has 4 fully saturated rings. The number of rotatable bonds is 6. The Kier molecular flexibility index (Phi) is 9.95. The van der Waals surface area contributed by atoms with Gasteiger partial charge in [0.05, 0.1) is 23.5 Å². The molecule has 2 N–H and O–H groups in total. The summed E-state index contributed by atoms with van der Waals surface area (Å²) in [5.74, 6) is -1.09. The minimum absolute atomic E-state index is 0.0708. The topological polar surface area (TPSA) is 120 Å². The molecule has 1 aromatic heterocycles. The van der Waals surface area contributed by atoms with E-state index in [1.165, 1.54) is 16.3 Å². The highest BCUT2D eigenvalue weighted by Gasteiger charge is 2.39. The number of carbonyl (C=O) groups excluding carboxylic acids is 3. The molecule has 2 aromatic carbocycles. The lowest BCUT2D eigenvalue weighted by Gasteiger charge is -2.47. The molecule has 0 aliphatic carbocycles. The summed E-state index contributed by atoms with van der Waals surface area (Å²) in [5, 5.41) is 10.1. The van der Waals surface area contributed by atoms with E-state index in [1.807, 2.05) is 36.9 Å². The molecule has 1 unspecified atom stereocenters. The Morgan fingerprint density at radius 1 is 0.962 bits per heavy atom. The van der Waals surface area contributed by atoms with Crippen molar-refractivity contribution >= 4 is 29.1 Å². The number of hydrogen-bond donors (Lipinski definition) is 2. The van der Waals surface area contributed by atoms with Crippen LogP contribution in [-0.2, 0) is 16.6 Å². The van der Waals surface area contributed by atoms with Crippen molar-refractivity contribution in [2.45, 2.75) is 76.7 Å². The number of piperidine rings is 4. The Bertz CT molecular complexity index is 1910. The van der Waals surface area contributed by atoms with Crippen molar-refractivity contribution in [1.82, 2.24) is 24.9 Å². The van der Waals surface area contributed by atoms with Gasteiger partial charge in [-0.25, -0.2) is 9.07 Å². The zero-order chi connectivity index (χ0) is 36.7. The molecule has 0 bridgehead atoms. The van der Waals surface area contributed by atoms with E-state index < -0.39 is 5.92 Å². The summed E-state index contributed by atoms with van der Waals surface area (Å²) in [6.07, 6.45) is 7.06. The van der Waals surface area contributed by atoms with Crippen LogP contribution in [0.15, 0.2) is 47.4 Å². The second-order valence-electron chi connectivity index (χ2n) is 15.7. The highest BCUT2D eigenvalue weighted by Crippen LogP contribution is 2.43. The summed E-state index contributed by atoms with van der Waals surface area (Å²) in [4.78, 5) is 56.5. The predicted molar refractivity (Wildman–Crippen MR) is 198 cm³/mol. The number of nitrogens with zero attached hydrogens (tertiary/aromatic N) is 5. The van der Waals surface area contributed by atoms with Crippen molar-refractivity contribution in [1.29, 1.82) is 0 Å². The lowest BCUT2D eigenvalue weighted by Crippen LogP contribution is -2.48. The van der Waals surface area contributed by atoms with Gasteiger partial charge in [-0.3, -0.25) is 24.5 Å². The summed E-state index contributed by atoms with van der Waals surface area (Å²) < 4.78 is 16.8. The molecule has 12 heteroatoms. The van der Waals surface area contributed by atoms with Crippen LogP contribution in [0, 0.1) is 25.1 Å². The summed E-state index contributed by atoms with van der Waals surface area (Å²) in [5.41, 5.74) is 5.50. The molecule has 5 heterocycles. The third-order valence-electron chi connectivity index (χ3n) is 12.2. The standard InChI is InChI=1S/C40H50FN7O4/c1-25-19-35(33(41)21-32(25)31-9-10-36(49)44-37(31)50)47-15-11-40(12-16-47)13-17-48(18-14-40)39(52)28-7-5-27(6-8-28)29-20-30(24-45(3)23-29)43-34-22-42-46(4)38(51)26(34)2/h5-8,19,21-22,29-31,43H,9-18,20,23-24H2,1-4H3,(H,44,49,50)/t29-,30+,31?/m1/s1. The maximum atomic E-state index is 15.5. The quantitative estimate of drug-likeness (QED) is 0.360. The van der Waals surface area contributed by atoms with Gasteiger partial charge in [0.15, 0.2) is 0 Å². The SMILES string of the molecule is Cc1cc(N2CCC3(CCN(C(=O)c4ccc([C@@H]5C[C@H](Nc6cnn(C)c(=O)c6C)CN(C)C5)cc4)CC3)CC2)c(F)cc1C1CCC(=O)NC1=O. The van der Waals surface area contributed by atoms with Crippen molar-refractivity contribution in [3.63, 3.8) is 0 Å². The fraction of sp³-hybridized carbons (Fsp3) is 0.525. The Balaban J connectivity index is 0.923. The van der Waals surface area contributed by atoms with Crippen LogP contribution in [0.5, 0.6) is 0 Å². The summed E-state index contributed by atoms with van der Waals surface area (Å²) in [7, 11) is 3.77. The molecule has 0 saturated carbocycles.